The van der Waals surface area contributed by atoms with Crippen molar-refractivity contribution in [3.05, 3.63) is 35.4 Å². The van der Waals surface area contributed by atoms with Crippen molar-refractivity contribution in [3.63, 3.8) is 0 Å². The molecular formula is C13H16NO+. The van der Waals surface area contributed by atoms with E-state index >= 15 is 0 Å². The van der Waals surface area contributed by atoms with E-state index in [-0.39, 0.29) is 0 Å². The Labute approximate surface area is 90.3 Å². The molecule has 2 rings (SSSR count). The summed E-state index contributed by atoms with van der Waals surface area (Å²) in [6, 6.07) is 8.02. The Hall–Kier alpha value is -1.41. The molecule has 0 unspecified atom stereocenters. The van der Waals surface area contributed by atoms with Crippen LogP contribution in [0.2, 0.25) is 0 Å². The zero-order valence-electron chi connectivity index (χ0n) is 8.83. The summed E-state index contributed by atoms with van der Waals surface area (Å²) in [5, 5.41) is 3.35. The summed E-state index contributed by atoms with van der Waals surface area (Å²) < 4.78 is 4.95. The van der Waals surface area contributed by atoms with Crippen LogP contribution in [0.5, 0.6) is 5.75 Å². The molecule has 0 radical (unpaired) electrons. The number of benzene rings is 1. The molecule has 0 aliphatic carbocycles. The van der Waals surface area contributed by atoms with E-state index in [0.29, 0.717) is 0 Å². The lowest BCUT2D eigenvalue weighted by atomic mass is 10.0. The van der Waals surface area contributed by atoms with Crippen molar-refractivity contribution in [3.8, 4) is 5.75 Å². The SMILES string of the molecule is C=[O+]c1cccc(C=C2CCNCC2)c1. The summed E-state index contributed by atoms with van der Waals surface area (Å²) in [6.07, 6.45) is 4.55. The van der Waals surface area contributed by atoms with E-state index in [9.17, 15) is 0 Å². The summed E-state index contributed by atoms with van der Waals surface area (Å²) in [6.45, 7) is 5.60. The Bertz CT molecular complexity index is 374. The van der Waals surface area contributed by atoms with Crippen LogP contribution in [0, 0.1) is 0 Å². The molecule has 2 nitrogen and oxygen atoms in total. The molecule has 0 aromatic heterocycles. The first-order chi connectivity index (χ1) is 7.38. The third kappa shape index (κ3) is 2.77. The maximum Gasteiger partial charge on any atom is 0.352 e. The van der Waals surface area contributed by atoms with Gasteiger partial charge in [0.25, 0.3) is 6.79 Å². The first-order valence-electron chi connectivity index (χ1n) is 5.31. The van der Waals surface area contributed by atoms with Crippen molar-refractivity contribution in [2.75, 3.05) is 13.1 Å². The molecule has 1 aliphatic rings. The Balaban J connectivity index is 2.17. The molecule has 1 heterocycles. The van der Waals surface area contributed by atoms with Gasteiger partial charge in [-0.15, -0.1) is 0 Å². The molecule has 0 spiro atoms. The van der Waals surface area contributed by atoms with Gasteiger partial charge in [0, 0.05) is 6.07 Å². The highest BCUT2D eigenvalue weighted by molar-refractivity contribution is 5.55. The van der Waals surface area contributed by atoms with E-state index in [1.54, 1.807) is 0 Å². The largest absolute Gasteiger partial charge is 0.352 e. The van der Waals surface area contributed by atoms with Gasteiger partial charge in [0.1, 0.15) is 0 Å². The molecule has 0 amide bonds. The van der Waals surface area contributed by atoms with E-state index in [0.717, 1.165) is 31.7 Å². The average molecular weight is 202 g/mol. The molecule has 1 aromatic carbocycles. The zero-order valence-corrected chi connectivity index (χ0v) is 8.83. The van der Waals surface area contributed by atoms with Crippen molar-refractivity contribution in [2.24, 2.45) is 0 Å². The number of hydrogen-bond acceptors (Lipinski definition) is 1. The monoisotopic (exact) mass is 202 g/mol. The van der Waals surface area contributed by atoms with Crippen molar-refractivity contribution in [2.45, 2.75) is 12.8 Å². The van der Waals surface area contributed by atoms with Crippen molar-refractivity contribution >= 4 is 12.9 Å². The maximum absolute atomic E-state index is 4.95. The topological polar surface area (TPSA) is 23.3 Å². The lowest BCUT2D eigenvalue weighted by molar-refractivity contribution is -0.354. The van der Waals surface area contributed by atoms with Crippen LogP contribution >= 0.6 is 0 Å². The second-order valence-corrected chi connectivity index (χ2v) is 3.77. The number of carbonyl (C=O) groups excluding carboxylic acids is 1. The summed E-state index contributed by atoms with van der Waals surface area (Å²) in [7, 11) is 0. The molecule has 2 heteroatoms. The van der Waals surface area contributed by atoms with Crippen LogP contribution in [0.4, 0.5) is 0 Å². The Morgan fingerprint density at radius 3 is 2.80 bits per heavy atom. The number of nitrogens with one attached hydrogen (secondary N) is 1. The fraction of sp³-hybridized carbons (Fsp3) is 0.308. The van der Waals surface area contributed by atoms with Crippen molar-refractivity contribution in [1.29, 1.82) is 0 Å². The Kier molecular flexibility index (Phi) is 3.30. The second-order valence-electron chi connectivity index (χ2n) is 3.77. The van der Waals surface area contributed by atoms with Gasteiger partial charge in [-0.05, 0) is 31.5 Å². The van der Waals surface area contributed by atoms with E-state index in [1.807, 2.05) is 18.2 Å². The molecule has 1 N–H and O–H groups in total. The highest BCUT2D eigenvalue weighted by atomic mass is 16.4. The molecule has 15 heavy (non-hydrogen) atoms. The summed E-state index contributed by atoms with van der Waals surface area (Å²) in [5.41, 5.74) is 2.71. The Morgan fingerprint density at radius 1 is 1.27 bits per heavy atom. The first-order valence-corrected chi connectivity index (χ1v) is 5.31. The minimum atomic E-state index is 0.818. The number of piperidine rings is 1. The maximum atomic E-state index is 4.95. The predicted molar refractivity (Wildman–Crippen MR) is 63.1 cm³/mol. The third-order valence-electron chi connectivity index (χ3n) is 2.64. The van der Waals surface area contributed by atoms with E-state index in [4.69, 9.17) is 4.42 Å². The summed E-state index contributed by atoms with van der Waals surface area (Å²) in [4.78, 5) is 0. The number of hydrogen-bond donors (Lipinski definition) is 1. The average Bonchev–Trinajstić information content (AvgIpc) is 2.31. The summed E-state index contributed by atoms with van der Waals surface area (Å²) in [5.74, 6) is 0.818. The normalized spacial score (nSPS) is 16.1. The van der Waals surface area contributed by atoms with Gasteiger partial charge in [-0.2, -0.15) is 0 Å². The van der Waals surface area contributed by atoms with Gasteiger partial charge in [0.15, 0.2) is 0 Å². The molecule has 1 aliphatic heterocycles. The van der Waals surface area contributed by atoms with Crippen LogP contribution < -0.4 is 5.32 Å². The van der Waals surface area contributed by atoms with Gasteiger partial charge < -0.3 is 5.32 Å². The van der Waals surface area contributed by atoms with E-state index < -0.39 is 0 Å². The third-order valence-corrected chi connectivity index (χ3v) is 2.64. The molecule has 1 fully saturated rings. The standard InChI is InChI=1S/C13H16NO/c1-15-13-4-2-3-12(10-13)9-11-5-7-14-8-6-11/h2-4,9-10,14H,1,5-8H2/q+1. The van der Waals surface area contributed by atoms with Crippen molar-refractivity contribution in [1.82, 2.24) is 5.32 Å². The molecule has 0 saturated carbocycles. The minimum absolute atomic E-state index is 0.818. The van der Waals surface area contributed by atoms with Gasteiger partial charge >= 0.3 is 5.75 Å². The second kappa shape index (κ2) is 4.89. The smallest absolute Gasteiger partial charge is 0.316 e. The minimum Gasteiger partial charge on any atom is -0.316 e. The van der Waals surface area contributed by atoms with Crippen LogP contribution in [-0.4, -0.2) is 19.9 Å². The fourth-order valence-corrected chi connectivity index (χ4v) is 1.82. The van der Waals surface area contributed by atoms with Crippen molar-refractivity contribution < 1.29 is 4.42 Å². The molecule has 78 valence electrons. The van der Waals surface area contributed by atoms with Crippen LogP contribution in [0.15, 0.2) is 29.8 Å². The zero-order chi connectivity index (χ0) is 10.5. The summed E-state index contributed by atoms with van der Waals surface area (Å²) >= 11 is 0. The van der Waals surface area contributed by atoms with E-state index in [2.05, 4.69) is 24.2 Å². The van der Waals surface area contributed by atoms with Gasteiger partial charge in [-0.25, -0.2) is 4.42 Å². The lowest BCUT2D eigenvalue weighted by Crippen LogP contribution is -2.22. The quantitative estimate of drug-likeness (QED) is 0.732. The van der Waals surface area contributed by atoms with E-state index in [1.165, 1.54) is 11.1 Å². The lowest BCUT2D eigenvalue weighted by Gasteiger charge is -2.14. The fourth-order valence-electron chi connectivity index (χ4n) is 1.82. The van der Waals surface area contributed by atoms with Crippen LogP contribution in [0.3, 0.4) is 0 Å². The van der Waals surface area contributed by atoms with Crippen LogP contribution in [0.25, 0.3) is 6.08 Å². The highest BCUT2D eigenvalue weighted by Crippen LogP contribution is 2.18. The predicted octanol–water partition coefficient (Wildman–Crippen LogP) is 2.53. The molecule has 0 bridgehead atoms. The Morgan fingerprint density at radius 2 is 2.07 bits per heavy atom. The van der Waals surface area contributed by atoms with Gasteiger partial charge in [-0.3, -0.25) is 0 Å². The van der Waals surface area contributed by atoms with Gasteiger partial charge in [0.2, 0.25) is 0 Å². The molecular weight excluding hydrogens is 186 g/mol. The number of rotatable bonds is 2. The van der Waals surface area contributed by atoms with Gasteiger partial charge in [-0.1, -0.05) is 23.8 Å². The van der Waals surface area contributed by atoms with Gasteiger partial charge in [0.05, 0.1) is 6.07 Å². The van der Waals surface area contributed by atoms with Crippen LogP contribution in [0.1, 0.15) is 18.4 Å². The molecule has 1 saturated heterocycles. The van der Waals surface area contributed by atoms with Crippen LogP contribution in [-0.2, 0) is 4.42 Å². The first kappa shape index (κ1) is 10.1. The highest BCUT2D eigenvalue weighted by Gasteiger charge is 2.05. The molecule has 0 atom stereocenters. The molecule has 1 aromatic rings.